The van der Waals surface area contributed by atoms with E-state index in [1.54, 1.807) is 14.0 Å². The third-order valence-electron chi connectivity index (χ3n) is 4.47. The van der Waals surface area contributed by atoms with E-state index in [2.05, 4.69) is 9.62 Å². The number of likely N-dealkylation sites (tertiary alicyclic amines) is 1. The molecule has 0 unspecified atom stereocenters. The minimum atomic E-state index is -3.23. The van der Waals surface area contributed by atoms with Gasteiger partial charge in [-0.2, -0.15) is 0 Å². The molecular formula is C14H28N2O3S. The van der Waals surface area contributed by atoms with Crippen molar-refractivity contribution in [3.05, 3.63) is 0 Å². The van der Waals surface area contributed by atoms with Gasteiger partial charge < -0.3 is 9.64 Å². The van der Waals surface area contributed by atoms with Crippen molar-refractivity contribution < 1.29 is 13.2 Å². The standard InChI is InChI=1S/C14H28N2O3S/c1-12(19-2)11-20(17,18)15-14-7-8-16(10-14)9-13-5-3-4-6-13/h12-15H,3-11H2,1-2H3/t12-,14-/m0/s1. The number of nitrogens with one attached hydrogen (secondary N) is 1. The van der Waals surface area contributed by atoms with Crippen molar-refractivity contribution in [3.8, 4) is 0 Å². The van der Waals surface area contributed by atoms with E-state index in [0.717, 1.165) is 32.0 Å². The molecule has 118 valence electrons. The molecule has 6 heteroatoms. The average Bonchev–Trinajstić information content (AvgIpc) is 3.00. The van der Waals surface area contributed by atoms with Crippen LogP contribution in [-0.4, -0.2) is 58.0 Å². The number of hydrogen-bond acceptors (Lipinski definition) is 4. The maximum atomic E-state index is 12.0. The number of sulfonamides is 1. The summed E-state index contributed by atoms with van der Waals surface area (Å²) in [4.78, 5) is 2.42. The van der Waals surface area contributed by atoms with Gasteiger partial charge in [-0.3, -0.25) is 0 Å². The lowest BCUT2D eigenvalue weighted by Crippen LogP contribution is -2.41. The first-order valence-electron chi connectivity index (χ1n) is 7.73. The summed E-state index contributed by atoms with van der Waals surface area (Å²) in [5.74, 6) is 0.877. The number of hydrogen-bond donors (Lipinski definition) is 1. The maximum Gasteiger partial charge on any atom is 0.214 e. The van der Waals surface area contributed by atoms with Crippen molar-refractivity contribution in [2.45, 2.75) is 51.2 Å². The van der Waals surface area contributed by atoms with Gasteiger partial charge in [0.25, 0.3) is 0 Å². The molecule has 1 aliphatic heterocycles. The smallest absolute Gasteiger partial charge is 0.214 e. The fraction of sp³-hybridized carbons (Fsp3) is 1.00. The molecule has 1 aliphatic carbocycles. The Bertz CT molecular complexity index is 393. The molecule has 1 saturated heterocycles. The zero-order valence-electron chi connectivity index (χ0n) is 12.7. The molecule has 2 rings (SSSR count). The highest BCUT2D eigenvalue weighted by molar-refractivity contribution is 7.89. The second-order valence-electron chi connectivity index (χ2n) is 6.34. The average molecular weight is 304 g/mol. The Balaban J connectivity index is 1.74. The summed E-state index contributed by atoms with van der Waals surface area (Å²) in [5, 5.41) is 0. The molecule has 0 bridgehead atoms. The van der Waals surface area contributed by atoms with Gasteiger partial charge in [0, 0.05) is 26.2 Å². The fourth-order valence-electron chi connectivity index (χ4n) is 3.33. The minimum Gasteiger partial charge on any atom is -0.381 e. The first-order valence-corrected chi connectivity index (χ1v) is 9.39. The molecule has 0 aromatic heterocycles. The van der Waals surface area contributed by atoms with E-state index < -0.39 is 10.0 Å². The molecular weight excluding hydrogens is 276 g/mol. The highest BCUT2D eigenvalue weighted by atomic mass is 32.2. The molecule has 1 saturated carbocycles. The lowest BCUT2D eigenvalue weighted by atomic mass is 10.1. The Morgan fingerprint density at radius 1 is 1.30 bits per heavy atom. The molecule has 0 aromatic carbocycles. The van der Waals surface area contributed by atoms with E-state index in [-0.39, 0.29) is 17.9 Å². The van der Waals surface area contributed by atoms with E-state index >= 15 is 0 Å². The third-order valence-corrected chi connectivity index (χ3v) is 6.07. The van der Waals surface area contributed by atoms with Crippen LogP contribution in [0.15, 0.2) is 0 Å². The van der Waals surface area contributed by atoms with Crippen LogP contribution >= 0.6 is 0 Å². The summed E-state index contributed by atoms with van der Waals surface area (Å²) in [7, 11) is -1.69. The third kappa shape index (κ3) is 4.98. The molecule has 2 aliphatic rings. The lowest BCUT2D eigenvalue weighted by molar-refractivity contribution is 0.136. The molecule has 2 fully saturated rings. The fourth-order valence-corrected chi connectivity index (χ4v) is 4.88. The summed E-state index contributed by atoms with van der Waals surface area (Å²) in [5.41, 5.74) is 0. The molecule has 1 N–H and O–H groups in total. The van der Waals surface area contributed by atoms with Crippen LogP contribution in [0.2, 0.25) is 0 Å². The van der Waals surface area contributed by atoms with Crippen molar-refractivity contribution in [2.75, 3.05) is 32.5 Å². The summed E-state index contributed by atoms with van der Waals surface area (Å²) >= 11 is 0. The van der Waals surface area contributed by atoms with Crippen LogP contribution in [0.25, 0.3) is 0 Å². The predicted octanol–water partition coefficient (Wildman–Crippen LogP) is 1.21. The highest BCUT2D eigenvalue weighted by Gasteiger charge is 2.29. The number of rotatable bonds is 7. The quantitative estimate of drug-likeness (QED) is 0.768. The van der Waals surface area contributed by atoms with Gasteiger partial charge in [-0.15, -0.1) is 0 Å². The van der Waals surface area contributed by atoms with Crippen molar-refractivity contribution in [1.82, 2.24) is 9.62 Å². The van der Waals surface area contributed by atoms with E-state index in [9.17, 15) is 8.42 Å². The van der Waals surface area contributed by atoms with Gasteiger partial charge in [0.05, 0.1) is 11.9 Å². The van der Waals surface area contributed by atoms with E-state index in [1.165, 1.54) is 25.7 Å². The van der Waals surface area contributed by atoms with Gasteiger partial charge in [0.15, 0.2) is 0 Å². The minimum absolute atomic E-state index is 0.0443. The molecule has 5 nitrogen and oxygen atoms in total. The second kappa shape index (κ2) is 7.20. The summed E-state index contributed by atoms with van der Waals surface area (Å²) in [6.07, 6.45) is 6.08. The summed E-state index contributed by atoms with van der Waals surface area (Å²) in [6, 6.07) is 0.0745. The molecule has 0 radical (unpaired) electrons. The number of ether oxygens (including phenoxy) is 1. The van der Waals surface area contributed by atoms with Crippen molar-refractivity contribution in [1.29, 1.82) is 0 Å². The molecule has 0 amide bonds. The van der Waals surface area contributed by atoms with Crippen LogP contribution < -0.4 is 4.72 Å². The Morgan fingerprint density at radius 3 is 2.65 bits per heavy atom. The van der Waals surface area contributed by atoms with E-state index in [4.69, 9.17) is 4.74 Å². The highest BCUT2D eigenvalue weighted by Crippen LogP contribution is 2.26. The van der Waals surface area contributed by atoms with Crippen LogP contribution in [0.1, 0.15) is 39.0 Å². The maximum absolute atomic E-state index is 12.0. The number of methoxy groups -OCH3 is 1. The predicted molar refractivity (Wildman–Crippen MR) is 80.2 cm³/mol. The summed E-state index contributed by atoms with van der Waals surface area (Å²) in [6.45, 7) is 4.80. The van der Waals surface area contributed by atoms with Crippen LogP contribution in [0.3, 0.4) is 0 Å². The first kappa shape index (κ1) is 16.2. The number of nitrogens with zero attached hydrogens (tertiary/aromatic N) is 1. The van der Waals surface area contributed by atoms with Crippen LogP contribution in [-0.2, 0) is 14.8 Å². The second-order valence-corrected chi connectivity index (χ2v) is 8.14. The summed E-state index contributed by atoms with van der Waals surface area (Å²) < 4.78 is 31.9. The zero-order chi connectivity index (χ0) is 14.6. The van der Waals surface area contributed by atoms with Gasteiger partial charge >= 0.3 is 0 Å². The Kier molecular flexibility index (Phi) is 5.84. The lowest BCUT2D eigenvalue weighted by Gasteiger charge is -2.20. The van der Waals surface area contributed by atoms with Crippen molar-refractivity contribution in [3.63, 3.8) is 0 Å². The van der Waals surface area contributed by atoms with Gasteiger partial charge in [-0.25, -0.2) is 13.1 Å². The van der Waals surface area contributed by atoms with Crippen molar-refractivity contribution in [2.24, 2.45) is 5.92 Å². The van der Waals surface area contributed by atoms with E-state index in [0.29, 0.717) is 0 Å². The van der Waals surface area contributed by atoms with Crippen LogP contribution in [0, 0.1) is 5.92 Å². The van der Waals surface area contributed by atoms with Gasteiger partial charge in [0.2, 0.25) is 10.0 Å². The molecule has 2 atom stereocenters. The normalized spacial score (nSPS) is 27.2. The Hall–Kier alpha value is -0.170. The molecule has 0 aromatic rings. The van der Waals surface area contributed by atoms with Crippen LogP contribution in [0.4, 0.5) is 0 Å². The van der Waals surface area contributed by atoms with E-state index in [1.807, 2.05) is 0 Å². The molecule has 20 heavy (non-hydrogen) atoms. The van der Waals surface area contributed by atoms with Gasteiger partial charge in [0.1, 0.15) is 0 Å². The Morgan fingerprint density at radius 2 is 2.00 bits per heavy atom. The van der Waals surface area contributed by atoms with Crippen LogP contribution in [0.5, 0.6) is 0 Å². The molecule has 0 spiro atoms. The zero-order valence-corrected chi connectivity index (χ0v) is 13.5. The van der Waals surface area contributed by atoms with Crippen molar-refractivity contribution >= 4 is 10.0 Å². The van der Waals surface area contributed by atoms with Gasteiger partial charge in [-0.05, 0) is 38.6 Å². The first-order chi connectivity index (χ1) is 9.48. The molecule has 1 heterocycles. The SMILES string of the molecule is CO[C@@H](C)CS(=O)(=O)N[C@H]1CCN(CC2CCCC2)C1. The van der Waals surface area contributed by atoms with Gasteiger partial charge in [-0.1, -0.05) is 12.8 Å². The monoisotopic (exact) mass is 304 g/mol. The largest absolute Gasteiger partial charge is 0.381 e. The Labute approximate surface area is 123 Å². The topological polar surface area (TPSA) is 58.6 Å².